The van der Waals surface area contributed by atoms with Crippen LogP contribution in [-0.4, -0.2) is 29.9 Å². The standard InChI is InChI=1S/C26H21BrN2O4S2/c1-16-8-10-19(11-9-16)29-25(31)22(35-26(29)34)14-17-12-20(27)24(21(13-17)32-2)33-15-23(30)28-18-6-4-3-5-7-18/h3-14H,15H2,1-2H3,(H,28,30)/b22-14-. The van der Waals surface area contributed by atoms with Crippen molar-refractivity contribution in [1.82, 2.24) is 0 Å². The van der Waals surface area contributed by atoms with Crippen LogP contribution in [0, 0.1) is 6.92 Å². The van der Waals surface area contributed by atoms with Crippen LogP contribution >= 0.6 is 39.9 Å². The fourth-order valence-corrected chi connectivity index (χ4v) is 5.23. The number of halogens is 1. The summed E-state index contributed by atoms with van der Waals surface area (Å²) in [5.41, 5.74) is 3.24. The molecule has 2 amide bonds. The number of carbonyl (C=O) groups is 2. The van der Waals surface area contributed by atoms with Crippen molar-refractivity contribution >= 4 is 73.5 Å². The molecule has 1 aliphatic rings. The molecule has 1 heterocycles. The Hall–Kier alpha value is -3.14. The van der Waals surface area contributed by atoms with Gasteiger partial charge in [-0.1, -0.05) is 59.9 Å². The molecular weight excluding hydrogens is 548 g/mol. The van der Waals surface area contributed by atoms with Crippen LogP contribution in [0.1, 0.15) is 11.1 Å². The van der Waals surface area contributed by atoms with Crippen LogP contribution in [0.5, 0.6) is 11.5 Å². The number of nitrogens with zero attached hydrogens (tertiary/aromatic N) is 1. The highest BCUT2D eigenvalue weighted by Crippen LogP contribution is 2.40. The zero-order valence-electron chi connectivity index (χ0n) is 18.9. The maximum absolute atomic E-state index is 13.1. The summed E-state index contributed by atoms with van der Waals surface area (Å²) in [4.78, 5) is 27.4. The molecule has 0 radical (unpaired) electrons. The lowest BCUT2D eigenvalue weighted by Crippen LogP contribution is -2.27. The van der Waals surface area contributed by atoms with E-state index in [4.69, 9.17) is 21.7 Å². The molecule has 6 nitrogen and oxygen atoms in total. The van der Waals surface area contributed by atoms with Crippen molar-refractivity contribution in [2.24, 2.45) is 0 Å². The molecule has 1 aliphatic heterocycles. The van der Waals surface area contributed by atoms with Gasteiger partial charge in [0.1, 0.15) is 0 Å². The molecule has 178 valence electrons. The Kier molecular flexibility index (Phi) is 7.90. The van der Waals surface area contributed by atoms with E-state index in [-0.39, 0.29) is 18.4 Å². The summed E-state index contributed by atoms with van der Waals surface area (Å²) in [6.07, 6.45) is 1.76. The molecule has 35 heavy (non-hydrogen) atoms. The molecule has 1 fully saturated rings. The molecule has 0 bridgehead atoms. The number of benzene rings is 3. The quantitative estimate of drug-likeness (QED) is 0.271. The Balaban J connectivity index is 1.50. The highest BCUT2D eigenvalue weighted by Gasteiger charge is 2.33. The van der Waals surface area contributed by atoms with Crippen LogP contribution in [0.2, 0.25) is 0 Å². The van der Waals surface area contributed by atoms with E-state index in [0.717, 1.165) is 16.8 Å². The number of rotatable bonds is 7. The Bertz CT molecular complexity index is 1310. The number of aryl methyl sites for hydroxylation is 1. The molecule has 0 aliphatic carbocycles. The molecular formula is C26H21BrN2O4S2. The van der Waals surface area contributed by atoms with Crippen LogP contribution < -0.4 is 19.7 Å². The largest absolute Gasteiger partial charge is 0.493 e. The minimum Gasteiger partial charge on any atom is -0.493 e. The van der Waals surface area contributed by atoms with Crippen molar-refractivity contribution in [2.75, 3.05) is 23.9 Å². The second kappa shape index (κ2) is 11.1. The highest BCUT2D eigenvalue weighted by molar-refractivity contribution is 9.10. The van der Waals surface area contributed by atoms with Crippen molar-refractivity contribution in [1.29, 1.82) is 0 Å². The van der Waals surface area contributed by atoms with Crippen LogP contribution in [0.15, 0.2) is 76.1 Å². The molecule has 9 heteroatoms. The molecule has 0 aromatic heterocycles. The Morgan fingerprint density at radius 3 is 2.54 bits per heavy atom. The van der Waals surface area contributed by atoms with Crippen molar-refractivity contribution in [3.63, 3.8) is 0 Å². The fraction of sp³-hybridized carbons (Fsp3) is 0.115. The first-order valence-electron chi connectivity index (χ1n) is 10.6. The zero-order valence-corrected chi connectivity index (χ0v) is 22.1. The summed E-state index contributed by atoms with van der Waals surface area (Å²) in [7, 11) is 1.51. The van der Waals surface area contributed by atoms with Gasteiger partial charge in [-0.3, -0.25) is 14.5 Å². The number of thioether (sulfide) groups is 1. The van der Waals surface area contributed by atoms with Crippen LogP contribution in [0.25, 0.3) is 6.08 Å². The Morgan fingerprint density at radius 1 is 1.14 bits per heavy atom. The second-order valence-corrected chi connectivity index (χ2v) is 10.1. The van der Waals surface area contributed by atoms with E-state index in [1.807, 2.05) is 49.4 Å². The first-order chi connectivity index (χ1) is 16.9. The zero-order chi connectivity index (χ0) is 24.9. The van der Waals surface area contributed by atoms with Gasteiger partial charge in [0.2, 0.25) is 0 Å². The average molecular weight is 570 g/mol. The van der Waals surface area contributed by atoms with Gasteiger partial charge in [-0.2, -0.15) is 0 Å². The molecule has 0 spiro atoms. The number of hydrogen-bond acceptors (Lipinski definition) is 6. The lowest BCUT2D eigenvalue weighted by atomic mass is 10.1. The van der Waals surface area contributed by atoms with Gasteiger partial charge >= 0.3 is 0 Å². The first-order valence-corrected chi connectivity index (χ1v) is 12.6. The van der Waals surface area contributed by atoms with E-state index in [1.165, 1.54) is 23.8 Å². The van der Waals surface area contributed by atoms with Crippen molar-refractivity contribution < 1.29 is 19.1 Å². The van der Waals surface area contributed by atoms with Crippen LogP contribution in [0.3, 0.4) is 0 Å². The minimum absolute atomic E-state index is 0.183. The first kappa shape index (κ1) is 25.0. The third kappa shape index (κ3) is 5.93. The molecule has 1 saturated heterocycles. The highest BCUT2D eigenvalue weighted by atomic mass is 79.9. The minimum atomic E-state index is -0.297. The molecule has 0 atom stereocenters. The number of methoxy groups -OCH3 is 1. The predicted molar refractivity (Wildman–Crippen MR) is 148 cm³/mol. The lowest BCUT2D eigenvalue weighted by Gasteiger charge is -2.15. The number of nitrogens with one attached hydrogen (secondary N) is 1. The number of anilines is 2. The van der Waals surface area contributed by atoms with Gasteiger partial charge in [-0.05, 0) is 70.9 Å². The van der Waals surface area contributed by atoms with Gasteiger partial charge in [-0.15, -0.1) is 0 Å². The number of para-hydroxylation sites is 1. The van der Waals surface area contributed by atoms with Crippen molar-refractivity contribution in [3.8, 4) is 11.5 Å². The Morgan fingerprint density at radius 2 is 1.86 bits per heavy atom. The van der Waals surface area contributed by atoms with Crippen molar-refractivity contribution in [3.05, 3.63) is 87.2 Å². The summed E-state index contributed by atoms with van der Waals surface area (Å²) in [6.45, 7) is 1.79. The smallest absolute Gasteiger partial charge is 0.270 e. The van der Waals surface area contributed by atoms with Gasteiger partial charge in [0, 0.05) is 5.69 Å². The van der Waals surface area contributed by atoms with E-state index in [0.29, 0.717) is 30.9 Å². The summed E-state index contributed by atoms with van der Waals surface area (Å²) in [6, 6.07) is 20.3. The predicted octanol–water partition coefficient (Wildman–Crippen LogP) is 6.19. The molecule has 0 unspecified atom stereocenters. The van der Waals surface area contributed by atoms with Gasteiger partial charge in [0.05, 0.1) is 22.2 Å². The molecule has 4 rings (SSSR count). The van der Waals surface area contributed by atoms with E-state index < -0.39 is 0 Å². The fourth-order valence-electron chi connectivity index (χ4n) is 3.36. The van der Waals surface area contributed by atoms with Gasteiger partial charge < -0.3 is 14.8 Å². The summed E-state index contributed by atoms with van der Waals surface area (Å²) in [5.74, 6) is 0.332. The summed E-state index contributed by atoms with van der Waals surface area (Å²) in [5, 5.41) is 2.77. The number of hydrogen-bond donors (Lipinski definition) is 1. The van der Waals surface area contributed by atoms with E-state index in [1.54, 1.807) is 30.3 Å². The number of carbonyl (C=O) groups excluding carboxylic acids is 2. The normalized spacial score (nSPS) is 14.4. The molecule has 3 aromatic rings. The van der Waals surface area contributed by atoms with Gasteiger partial charge in [0.25, 0.3) is 11.8 Å². The number of ether oxygens (including phenoxy) is 2. The summed E-state index contributed by atoms with van der Waals surface area (Å²) < 4.78 is 12.3. The average Bonchev–Trinajstić information content (AvgIpc) is 3.11. The van der Waals surface area contributed by atoms with Gasteiger partial charge in [-0.25, -0.2) is 0 Å². The van der Waals surface area contributed by atoms with Crippen LogP contribution in [-0.2, 0) is 9.59 Å². The topological polar surface area (TPSA) is 67.9 Å². The lowest BCUT2D eigenvalue weighted by molar-refractivity contribution is -0.118. The second-order valence-electron chi connectivity index (χ2n) is 7.59. The van der Waals surface area contributed by atoms with Gasteiger partial charge in [0.15, 0.2) is 22.4 Å². The van der Waals surface area contributed by atoms with Crippen molar-refractivity contribution in [2.45, 2.75) is 6.92 Å². The molecule has 3 aromatic carbocycles. The number of amides is 2. The van der Waals surface area contributed by atoms with E-state index >= 15 is 0 Å². The SMILES string of the molecule is COc1cc(/C=C2\SC(=S)N(c3ccc(C)cc3)C2=O)cc(Br)c1OCC(=O)Nc1ccccc1. The maximum atomic E-state index is 13.1. The maximum Gasteiger partial charge on any atom is 0.270 e. The van der Waals surface area contributed by atoms with E-state index in [2.05, 4.69) is 21.2 Å². The third-order valence-electron chi connectivity index (χ3n) is 5.04. The summed E-state index contributed by atoms with van der Waals surface area (Å²) >= 11 is 10.2. The Labute approximate surface area is 221 Å². The molecule has 0 saturated carbocycles. The monoisotopic (exact) mass is 568 g/mol. The number of thiocarbonyl (C=S) groups is 1. The third-order valence-corrected chi connectivity index (χ3v) is 6.93. The van der Waals surface area contributed by atoms with Crippen LogP contribution in [0.4, 0.5) is 11.4 Å². The molecule has 1 N–H and O–H groups in total. The van der Waals surface area contributed by atoms with E-state index in [9.17, 15) is 9.59 Å².